The fourth-order valence-corrected chi connectivity index (χ4v) is 5.40. The van der Waals surface area contributed by atoms with Crippen molar-refractivity contribution in [3.05, 3.63) is 35.5 Å². The van der Waals surface area contributed by atoms with Crippen molar-refractivity contribution in [2.24, 2.45) is 11.8 Å². The van der Waals surface area contributed by atoms with Crippen LogP contribution >= 0.6 is 0 Å². The Labute approximate surface area is 204 Å². The van der Waals surface area contributed by atoms with Gasteiger partial charge in [-0.1, -0.05) is 52.3 Å². The molecule has 0 unspecified atom stereocenters. The maximum atomic E-state index is 14.0. The van der Waals surface area contributed by atoms with Crippen LogP contribution in [0.4, 0.5) is 4.79 Å². The second-order valence-electron chi connectivity index (χ2n) is 10.3. The summed E-state index contributed by atoms with van der Waals surface area (Å²) < 4.78 is 0. The number of carbonyl (C=O) groups is 4. The summed E-state index contributed by atoms with van der Waals surface area (Å²) in [6.45, 7) is 9.49. The SMILES string of the molecule is CC[C@H](C)[C@H](NC(=O)[C@H](CC(C)C)N1C(=O)N2CCc3c([nH]c4ccccc34)[C@@]2(C)C1=O)C(=O)O. The van der Waals surface area contributed by atoms with Gasteiger partial charge in [0.05, 0.1) is 5.69 Å². The van der Waals surface area contributed by atoms with Crippen LogP contribution in [0, 0.1) is 11.8 Å². The highest BCUT2D eigenvalue weighted by Crippen LogP contribution is 2.45. The van der Waals surface area contributed by atoms with Crippen molar-refractivity contribution >= 4 is 34.7 Å². The van der Waals surface area contributed by atoms with Gasteiger partial charge in [0.2, 0.25) is 5.91 Å². The van der Waals surface area contributed by atoms with Crippen LogP contribution in [0.5, 0.6) is 0 Å². The number of imide groups is 1. The molecule has 4 rings (SSSR count). The molecule has 4 atom stereocenters. The fourth-order valence-electron chi connectivity index (χ4n) is 5.40. The van der Waals surface area contributed by atoms with Gasteiger partial charge in [-0.25, -0.2) is 14.5 Å². The van der Waals surface area contributed by atoms with Crippen molar-refractivity contribution in [3.63, 3.8) is 0 Å². The summed E-state index contributed by atoms with van der Waals surface area (Å²) >= 11 is 0. The lowest BCUT2D eigenvalue weighted by molar-refractivity contribution is -0.145. The number of aromatic nitrogens is 1. The highest BCUT2D eigenvalue weighted by molar-refractivity contribution is 6.11. The van der Waals surface area contributed by atoms with E-state index in [1.54, 1.807) is 13.8 Å². The quantitative estimate of drug-likeness (QED) is 0.499. The molecule has 2 aliphatic rings. The monoisotopic (exact) mass is 482 g/mol. The van der Waals surface area contributed by atoms with Gasteiger partial charge in [0.25, 0.3) is 5.91 Å². The van der Waals surface area contributed by atoms with Crippen molar-refractivity contribution in [1.29, 1.82) is 0 Å². The number of para-hydroxylation sites is 1. The van der Waals surface area contributed by atoms with E-state index < -0.39 is 41.4 Å². The number of nitrogens with one attached hydrogen (secondary N) is 2. The Balaban J connectivity index is 1.73. The van der Waals surface area contributed by atoms with Crippen molar-refractivity contribution in [2.75, 3.05) is 6.54 Å². The zero-order valence-corrected chi connectivity index (χ0v) is 20.9. The molecule has 0 aliphatic carbocycles. The number of aromatic amines is 1. The number of carboxylic acid groups (broad SMARTS) is 1. The summed E-state index contributed by atoms with van der Waals surface area (Å²) in [6.07, 6.45) is 1.39. The minimum Gasteiger partial charge on any atom is -0.480 e. The number of hydrogen-bond donors (Lipinski definition) is 3. The van der Waals surface area contributed by atoms with Gasteiger partial charge >= 0.3 is 12.0 Å². The molecule has 1 aromatic heterocycles. The largest absolute Gasteiger partial charge is 0.480 e. The first-order chi connectivity index (χ1) is 16.5. The minimum atomic E-state index is -1.26. The van der Waals surface area contributed by atoms with E-state index in [0.29, 0.717) is 25.1 Å². The van der Waals surface area contributed by atoms with E-state index in [9.17, 15) is 24.3 Å². The summed E-state index contributed by atoms with van der Waals surface area (Å²) in [5.41, 5.74) is 1.32. The molecule has 3 heterocycles. The molecule has 1 aromatic carbocycles. The minimum absolute atomic E-state index is 0.00713. The Morgan fingerprint density at radius 3 is 2.51 bits per heavy atom. The Bertz CT molecular complexity index is 1190. The van der Waals surface area contributed by atoms with E-state index in [1.807, 2.05) is 45.0 Å². The zero-order valence-electron chi connectivity index (χ0n) is 20.9. The van der Waals surface area contributed by atoms with Crippen LogP contribution in [0.2, 0.25) is 0 Å². The lowest BCUT2D eigenvalue weighted by Gasteiger charge is -2.36. The van der Waals surface area contributed by atoms with Crippen molar-refractivity contribution in [2.45, 2.75) is 71.5 Å². The summed E-state index contributed by atoms with van der Waals surface area (Å²) in [4.78, 5) is 58.9. The van der Waals surface area contributed by atoms with E-state index in [2.05, 4.69) is 10.3 Å². The number of amides is 4. The molecule has 188 valence electrons. The van der Waals surface area contributed by atoms with Gasteiger partial charge in [-0.3, -0.25) is 9.59 Å². The lowest BCUT2D eigenvalue weighted by Crippen LogP contribution is -2.55. The molecule has 0 saturated carbocycles. The lowest BCUT2D eigenvalue weighted by atomic mass is 9.86. The maximum absolute atomic E-state index is 14.0. The molecule has 3 N–H and O–H groups in total. The third-order valence-electron chi connectivity index (χ3n) is 7.58. The first-order valence-electron chi connectivity index (χ1n) is 12.3. The number of urea groups is 1. The van der Waals surface area contributed by atoms with Gasteiger partial charge in [-0.15, -0.1) is 0 Å². The molecule has 0 radical (unpaired) electrons. The van der Waals surface area contributed by atoms with E-state index >= 15 is 0 Å². The topological polar surface area (TPSA) is 123 Å². The maximum Gasteiger partial charge on any atom is 0.328 e. The summed E-state index contributed by atoms with van der Waals surface area (Å²) in [5.74, 6) is -2.53. The molecular formula is C26H34N4O5. The molecule has 4 amide bonds. The predicted molar refractivity (Wildman–Crippen MR) is 131 cm³/mol. The van der Waals surface area contributed by atoms with Crippen LogP contribution < -0.4 is 5.32 Å². The zero-order chi connectivity index (χ0) is 25.7. The van der Waals surface area contributed by atoms with E-state index in [1.165, 1.54) is 4.90 Å². The van der Waals surface area contributed by atoms with Gasteiger partial charge in [0, 0.05) is 17.4 Å². The van der Waals surface area contributed by atoms with Crippen molar-refractivity contribution in [3.8, 4) is 0 Å². The average Bonchev–Trinajstić information content (AvgIpc) is 3.29. The fraction of sp³-hybridized carbons (Fsp3) is 0.538. The van der Waals surface area contributed by atoms with E-state index in [-0.39, 0.29) is 18.3 Å². The number of carboxylic acids is 1. The van der Waals surface area contributed by atoms with Crippen LogP contribution in [0.25, 0.3) is 10.9 Å². The number of H-pyrrole nitrogens is 1. The summed E-state index contributed by atoms with van der Waals surface area (Å²) in [6, 6.07) is 5.08. The number of benzene rings is 1. The standard InChI is InChI=1S/C26H34N4O5/c1-6-15(4)20(23(32)33)28-22(31)19(13-14(2)3)30-24(34)26(5)21-17(11-12-29(26)25(30)35)16-9-7-8-10-18(16)27-21/h7-10,14-15,19-20,27H,6,11-13H2,1-5H3,(H,28,31)(H,32,33)/t15-,19-,20-,26-/m0/s1. The molecule has 35 heavy (non-hydrogen) atoms. The number of carbonyl (C=O) groups excluding carboxylic acids is 3. The third-order valence-corrected chi connectivity index (χ3v) is 7.58. The molecule has 9 heteroatoms. The molecule has 9 nitrogen and oxygen atoms in total. The second-order valence-corrected chi connectivity index (χ2v) is 10.3. The van der Waals surface area contributed by atoms with Crippen LogP contribution in [-0.4, -0.2) is 62.3 Å². The Morgan fingerprint density at radius 2 is 1.89 bits per heavy atom. The number of aliphatic carboxylic acids is 1. The molecule has 1 saturated heterocycles. The van der Waals surface area contributed by atoms with Crippen LogP contribution in [0.15, 0.2) is 24.3 Å². The molecule has 0 spiro atoms. The normalized spacial score (nSPS) is 22.2. The summed E-state index contributed by atoms with van der Waals surface area (Å²) in [7, 11) is 0. The Morgan fingerprint density at radius 1 is 1.20 bits per heavy atom. The van der Waals surface area contributed by atoms with E-state index in [4.69, 9.17) is 0 Å². The number of hydrogen-bond acceptors (Lipinski definition) is 4. The summed E-state index contributed by atoms with van der Waals surface area (Å²) in [5, 5.41) is 13.3. The smallest absolute Gasteiger partial charge is 0.328 e. The van der Waals surface area contributed by atoms with Crippen LogP contribution in [0.1, 0.15) is 58.7 Å². The Hall–Kier alpha value is -3.36. The highest BCUT2D eigenvalue weighted by atomic mass is 16.4. The van der Waals surface area contributed by atoms with Crippen molar-refractivity contribution < 1.29 is 24.3 Å². The molecule has 1 fully saturated rings. The molecule has 2 aromatic rings. The highest BCUT2D eigenvalue weighted by Gasteiger charge is 2.60. The van der Waals surface area contributed by atoms with Gasteiger partial charge in [0.1, 0.15) is 12.1 Å². The average molecular weight is 483 g/mol. The number of rotatable bonds is 8. The number of nitrogens with zero attached hydrogens (tertiary/aromatic N) is 2. The molecule has 0 bridgehead atoms. The first-order valence-corrected chi connectivity index (χ1v) is 12.3. The number of fused-ring (bicyclic) bond motifs is 5. The van der Waals surface area contributed by atoms with Gasteiger partial charge in [-0.2, -0.15) is 0 Å². The molecular weight excluding hydrogens is 448 g/mol. The van der Waals surface area contributed by atoms with Crippen LogP contribution in [0.3, 0.4) is 0 Å². The van der Waals surface area contributed by atoms with Gasteiger partial charge in [-0.05, 0) is 43.2 Å². The van der Waals surface area contributed by atoms with Gasteiger partial charge in [0.15, 0.2) is 5.54 Å². The van der Waals surface area contributed by atoms with Crippen LogP contribution in [-0.2, 0) is 26.3 Å². The molecule has 2 aliphatic heterocycles. The first kappa shape index (κ1) is 24.8. The van der Waals surface area contributed by atoms with E-state index in [0.717, 1.165) is 21.4 Å². The third kappa shape index (κ3) is 3.86. The van der Waals surface area contributed by atoms with Crippen molar-refractivity contribution in [1.82, 2.24) is 20.1 Å². The predicted octanol–water partition coefficient (Wildman–Crippen LogP) is 3.23. The second kappa shape index (κ2) is 9.02. The van der Waals surface area contributed by atoms with Gasteiger partial charge < -0.3 is 20.3 Å². The Kier molecular flexibility index (Phi) is 6.38.